The van der Waals surface area contributed by atoms with Crippen LogP contribution >= 0.6 is 0 Å². The van der Waals surface area contributed by atoms with Gasteiger partial charge in [0.2, 0.25) is 0 Å². The number of rotatable bonds is 9. The molecule has 2 atom stereocenters. The molecule has 0 aromatic heterocycles. The predicted molar refractivity (Wildman–Crippen MR) is 76.0 cm³/mol. The molecule has 18 heavy (non-hydrogen) atoms. The summed E-state index contributed by atoms with van der Waals surface area (Å²) in [5.74, 6) is 0.786. The second-order valence-electron chi connectivity index (χ2n) is 5.55. The maximum atomic E-state index is 5.76. The number of hydrogen-bond donors (Lipinski definition) is 0. The van der Waals surface area contributed by atoms with E-state index in [0.717, 1.165) is 38.8 Å². The van der Waals surface area contributed by atoms with Gasteiger partial charge in [0.25, 0.3) is 0 Å². The zero-order chi connectivity index (χ0) is 13.2. The lowest BCUT2D eigenvalue weighted by Crippen LogP contribution is -2.45. The first-order valence-corrected chi connectivity index (χ1v) is 7.67. The van der Waals surface area contributed by atoms with Gasteiger partial charge in [-0.15, -0.1) is 0 Å². The van der Waals surface area contributed by atoms with Crippen molar-refractivity contribution in [1.29, 1.82) is 0 Å². The number of unbranched alkanes of at least 4 members (excludes halogenated alkanes) is 2. The largest absolute Gasteiger partial charge is 0.379 e. The molecule has 1 saturated heterocycles. The molecule has 1 aliphatic rings. The van der Waals surface area contributed by atoms with E-state index in [1.807, 2.05) is 0 Å². The first kappa shape index (κ1) is 15.9. The minimum atomic E-state index is 0.282. The van der Waals surface area contributed by atoms with Gasteiger partial charge in [-0.25, -0.2) is 0 Å². The van der Waals surface area contributed by atoms with Crippen molar-refractivity contribution < 1.29 is 9.47 Å². The summed E-state index contributed by atoms with van der Waals surface area (Å²) < 4.78 is 11.5. The predicted octanol–water partition coefficient (Wildman–Crippen LogP) is 2.94. The Labute approximate surface area is 113 Å². The third-order valence-electron chi connectivity index (χ3n) is 3.69. The Hall–Kier alpha value is -0.120. The van der Waals surface area contributed by atoms with Crippen LogP contribution in [0.4, 0.5) is 0 Å². The summed E-state index contributed by atoms with van der Waals surface area (Å²) in [6, 6.07) is 0. The van der Waals surface area contributed by atoms with Crippen LogP contribution in [0.1, 0.15) is 46.5 Å². The van der Waals surface area contributed by atoms with Crippen LogP contribution in [0.3, 0.4) is 0 Å². The third kappa shape index (κ3) is 6.72. The maximum absolute atomic E-state index is 5.76. The molecule has 1 rings (SSSR count). The lowest BCUT2D eigenvalue weighted by Gasteiger charge is -2.34. The highest BCUT2D eigenvalue weighted by molar-refractivity contribution is 4.72. The lowest BCUT2D eigenvalue weighted by atomic mass is 10.1. The second kappa shape index (κ2) is 9.76. The van der Waals surface area contributed by atoms with Gasteiger partial charge in [-0.2, -0.15) is 0 Å². The Morgan fingerprint density at radius 3 is 2.89 bits per heavy atom. The van der Waals surface area contributed by atoms with Crippen LogP contribution in [0.25, 0.3) is 0 Å². The van der Waals surface area contributed by atoms with E-state index in [4.69, 9.17) is 9.47 Å². The molecule has 1 fully saturated rings. The van der Waals surface area contributed by atoms with Gasteiger partial charge in [0, 0.05) is 26.2 Å². The van der Waals surface area contributed by atoms with Crippen molar-refractivity contribution in [1.82, 2.24) is 4.90 Å². The standard InChI is InChI=1S/C15H31NO2/c1-4-6-7-9-17-13-15-12-16(8-10-18-15)11-14(3)5-2/h14-15H,4-13H2,1-3H3/t14?,15-/m0/s1. The van der Waals surface area contributed by atoms with Crippen LogP contribution in [0.5, 0.6) is 0 Å². The van der Waals surface area contributed by atoms with Crippen LogP contribution in [0.2, 0.25) is 0 Å². The molecule has 108 valence electrons. The van der Waals surface area contributed by atoms with E-state index in [0.29, 0.717) is 0 Å². The smallest absolute Gasteiger partial charge is 0.0935 e. The molecule has 0 radical (unpaired) electrons. The van der Waals surface area contributed by atoms with Crippen molar-refractivity contribution in [3.05, 3.63) is 0 Å². The second-order valence-corrected chi connectivity index (χ2v) is 5.55. The van der Waals surface area contributed by atoms with Gasteiger partial charge < -0.3 is 9.47 Å². The van der Waals surface area contributed by atoms with Gasteiger partial charge in [0.05, 0.1) is 19.3 Å². The number of nitrogens with zero attached hydrogens (tertiary/aromatic N) is 1. The summed E-state index contributed by atoms with van der Waals surface area (Å²) in [6.07, 6.45) is 5.25. The molecule has 3 heteroatoms. The topological polar surface area (TPSA) is 21.7 Å². The molecule has 0 bridgehead atoms. The molecule has 0 spiro atoms. The van der Waals surface area contributed by atoms with E-state index in [1.165, 1.54) is 32.2 Å². The first-order valence-electron chi connectivity index (χ1n) is 7.67. The highest BCUT2D eigenvalue weighted by atomic mass is 16.5. The van der Waals surface area contributed by atoms with E-state index >= 15 is 0 Å². The van der Waals surface area contributed by atoms with E-state index in [1.54, 1.807) is 0 Å². The van der Waals surface area contributed by atoms with E-state index < -0.39 is 0 Å². The quantitative estimate of drug-likeness (QED) is 0.593. The Morgan fingerprint density at radius 1 is 1.33 bits per heavy atom. The SMILES string of the molecule is CCCCCOC[C@@H]1CN(CC(C)CC)CCO1. The van der Waals surface area contributed by atoms with Gasteiger partial charge >= 0.3 is 0 Å². The summed E-state index contributed by atoms with van der Waals surface area (Å²) in [4.78, 5) is 2.53. The van der Waals surface area contributed by atoms with E-state index in [-0.39, 0.29) is 6.10 Å². The number of morpholine rings is 1. The first-order chi connectivity index (χ1) is 8.76. The van der Waals surface area contributed by atoms with Gasteiger partial charge in [-0.1, -0.05) is 40.0 Å². The fourth-order valence-corrected chi connectivity index (χ4v) is 2.29. The van der Waals surface area contributed by atoms with Gasteiger partial charge in [0.1, 0.15) is 0 Å². The zero-order valence-electron chi connectivity index (χ0n) is 12.5. The van der Waals surface area contributed by atoms with Crippen LogP contribution in [0, 0.1) is 5.92 Å². The summed E-state index contributed by atoms with van der Waals surface area (Å²) in [7, 11) is 0. The molecule has 1 unspecified atom stereocenters. The Morgan fingerprint density at radius 2 is 2.17 bits per heavy atom. The van der Waals surface area contributed by atoms with E-state index in [2.05, 4.69) is 25.7 Å². The molecular formula is C15H31NO2. The minimum Gasteiger partial charge on any atom is -0.379 e. The molecule has 0 aliphatic carbocycles. The fraction of sp³-hybridized carbons (Fsp3) is 1.00. The fourth-order valence-electron chi connectivity index (χ4n) is 2.29. The van der Waals surface area contributed by atoms with Crippen LogP contribution in [0.15, 0.2) is 0 Å². The Kier molecular flexibility index (Phi) is 8.64. The van der Waals surface area contributed by atoms with E-state index in [9.17, 15) is 0 Å². The van der Waals surface area contributed by atoms with Crippen molar-refractivity contribution in [3.63, 3.8) is 0 Å². The van der Waals surface area contributed by atoms with Crippen LogP contribution in [-0.2, 0) is 9.47 Å². The summed E-state index contributed by atoms with van der Waals surface area (Å²) in [6.45, 7) is 12.6. The number of hydrogen-bond acceptors (Lipinski definition) is 3. The molecule has 0 amide bonds. The Balaban J connectivity index is 2.10. The average molecular weight is 257 g/mol. The highest BCUT2D eigenvalue weighted by Gasteiger charge is 2.21. The van der Waals surface area contributed by atoms with Crippen molar-refractivity contribution >= 4 is 0 Å². The van der Waals surface area contributed by atoms with Crippen LogP contribution < -0.4 is 0 Å². The van der Waals surface area contributed by atoms with Gasteiger partial charge in [-0.05, 0) is 12.3 Å². The summed E-state index contributed by atoms with van der Waals surface area (Å²) in [5.41, 5.74) is 0. The molecule has 0 aromatic carbocycles. The van der Waals surface area contributed by atoms with Crippen molar-refractivity contribution in [2.45, 2.75) is 52.6 Å². The summed E-state index contributed by atoms with van der Waals surface area (Å²) in [5, 5.41) is 0. The molecule has 0 saturated carbocycles. The number of ether oxygens (including phenoxy) is 2. The van der Waals surface area contributed by atoms with Crippen LogP contribution in [-0.4, -0.2) is 50.5 Å². The maximum Gasteiger partial charge on any atom is 0.0935 e. The minimum absolute atomic E-state index is 0.282. The van der Waals surface area contributed by atoms with Crippen molar-refractivity contribution in [2.24, 2.45) is 5.92 Å². The zero-order valence-corrected chi connectivity index (χ0v) is 12.5. The normalized spacial score (nSPS) is 23.2. The third-order valence-corrected chi connectivity index (χ3v) is 3.69. The monoisotopic (exact) mass is 257 g/mol. The molecule has 3 nitrogen and oxygen atoms in total. The van der Waals surface area contributed by atoms with Crippen molar-refractivity contribution in [3.8, 4) is 0 Å². The highest BCUT2D eigenvalue weighted by Crippen LogP contribution is 2.10. The summed E-state index contributed by atoms with van der Waals surface area (Å²) >= 11 is 0. The Bertz CT molecular complexity index is 199. The molecule has 0 aromatic rings. The van der Waals surface area contributed by atoms with Gasteiger partial charge in [0.15, 0.2) is 0 Å². The van der Waals surface area contributed by atoms with Gasteiger partial charge in [-0.3, -0.25) is 4.90 Å². The molecule has 1 heterocycles. The average Bonchev–Trinajstić information content (AvgIpc) is 2.39. The van der Waals surface area contributed by atoms with Crippen molar-refractivity contribution in [2.75, 3.05) is 39.5 Å². The molecule has 0 N–H and O–H groups in total. The molecular weight excluding hydrogens is 226 g/mol. The molecule has 1 aliphatic heterocycles. The lowest BCUT2D eigenvalue weighted by molar-refractivity contribution is -0.0718.